The molecule has 2 unspecified atom stereocenters. The molecule has 0 aliphatic rings. The zero-order valence-corrected chi connectivity index (χ0v) is 38.7. The van der Waals surface area contributed by atoms with Crippen LogP contribution in [0, 0.1) is 0 Å². The van der Waals surface area contributed by atoms with Gasteiger partial charge in [0, 0.05) is 34.0 Å². The van der Waals surface area contributed by atoms with Gasteiger partial charge in [0.2, 0.25) is 0 Å². The van der Waals surface area contributed by atoms with Crippen molar-refractivity contribution in [1.29, 1.82) is 0 Å². The molecule has 4 heteroatoms. The second kappa shape index (κ2) is 16.4. The molecule has 0 N–H and O–H groups in total. The van der Waals surface area contributed by atoms with Gasteiger partial charge in [0.25, 0.3) is 0 Å². The van der Waals surface area contributed by atoms with Crippen LogP contribution in [0.15, 0.2) is 239 Å². The van der Waals surface area contributed by atoms with Crippen molar-refractivity contribution in [3.63, 3.8) is 0 Å². The molecule has 0 aliphatic heterocycles. The van der Waals surface area contributed by atoms with Crippen LogP contribution in [0.2, 0.25) is 0 Å². The summed E-state index contributed by atoms with van der Waals surface area (Å²) in [6, 6.07) is 83.7. The minimum absolute atomic E-state index is 0.0988. The van der Waals surface area contributed by atoms with E-state index in [1.807, 2.05) is 0 Å². The molecule has 12 aromatic carbocycles. The molecule has 0 saturated carbocycles. The topological polar surface area (TPSA) is 29.5 Å². The lowest BCUT2D eigenvalue weighted by molar-refractivity contribution is 0.559. The zero-order valence-electron chi connectivity index (χ0n) is 37.8. The lowest BCUT2D eigenvalue weighted by Crippen LogP contribution is -2.27. The van der Waals surface area contributed by atoms with Crippen molar-refractivity contribution in [3.05, 3.63) is 242 Å². The third-order valence-corrected chi connectivity index (χ3v) is 16.0. The quantitative estimate of drug-likeness (QED) is 0.149. The first-order valence-corrected chi connectivity index (χ1v) is 24.7. The van der Waals surface area contributed by atoms with Gasteiger partial charge in [-0.25, -0.2) is 0 Å². The molecule has 13 rings (SSSR count). The Morgan fingerprint density at radius 3 is 1.00 bits per heavy atom. The Morgan fingerprint density at radius 2 is 0.603 bits per heavy atom. The maximum Gasteiger partial charge on any atom is 0.310 e. The fourth-order valence-electron chi connectivity index (χ4n) is 11.0. The molecule has 0 amide bonds. The predicted octanol–water partition coefficient (Wildman–Crippen LogP) is 19.0. The van der Waals surface area contributed by atoms with Crippen molar-refractivity contribution in [2.45, 2.75) is 25.9 Å². The third-order valence-electron chi connectivity index (χ3n) is 14.3. The number of hydrogen-bond acceptors (Lipinski definition) is 3. The van der Waals surface area contributed by atoms with Crippen LogP contribution in [0.1, 0.15) is 37.1 Å². The number of rotatable bonds is 7. The first-order chi connectivity index (χ1) is 33.6. The van der Waals surface area contributed by atoms with Crippen LogP contribution in [0.5, 0.6) is 0 Å². The van der Waals surface area contributed by atoms with E-state index in [9.17, 15) is 0 Å². The minimum atomic E-state index is -1.91. The van der Waals surface area contributed by atoms with Crippen LogP contribution in [0.4, 0.5) is 0 Å². The summed E-state index contributed by atoms with van der Waals surface area (Å²) >= 11 is 0. The summed E-state index contributed by atoms with van der Waals surface area (Å²) in [5.41, 5.74) is 8.35. The molecule has 2 atom stereocenters. The van der Waals surface area contributed by atoms with Gasteiger partial charge in [-0.3, -0.25) is 0 Å². The van der Waals surface area contributed by atoms with Crippen molar-refractivity contribution in [2.75, 3.05) is 4.67 Å². The van der Waals surface area contributed by atoms with Crippen LogP contribution >= 0.6 is 8.16 Å². The summed E-state index contributed by atoms with van der Waals surface area (Å²) < 4.78 is 18.5. The molecular weight excluding hydrogens is 846 g/mol. The van der Waals surface area contributed by atoms with E-state index in [-0.39, 0.29) is 12.1 Å². The molecule has 3 nitrogen and oxygen atoms in total. The maximum absolute atomic E-state index is 8.01. The van der Waals surface area contributed by atoms with E-state index in [4.69, 9.17) is 8.39 Å². The smallest absolute Gasteiger partial charge is 0.310 e. The Morgan fingerprint density at radius 1 is 0.309 bits per heavy atom. The molecule has 0 saturated heterocycles. The summed E-state index contributed by atoms with van der Waals surface area (Å²) in [5, 5.41) is 16.2. The molecule has 68 heavy (non-hydrogen) atoms. The van der Waals surface area contributed by atoms with Gasteiger partial charge >= 0.3 is 8.16 Å². The van der Waals surface area contributed by atoms with Crippen molar-refractivity contribution in [3.8, 4) is 22.3 Å². The summed E-state index contributed by atoms with van der Waals surface area (Å²) in [7, 11) is -1.91. The van der Waals surface area contributed by atoms with E-state index in [0.29, 0.717) is 0 Å². The van der Waals surface area contributed by atoms with Crippen LogP contribution in [0.25, 0.3) is 109 Å². The molecule has 1 aromatic heterocycles. The number of benzene rings is 12. The maximum atomic E-state index is 8.01. The molecule has 0 radical (unpaired) electrons. The van der Waals surface area contributed by atoms with E-state index in [2.05, 4.69) is 249 Å². The van der Waals surface area contributed by atoms with E-state index in [0.717, 1.165) is 65.7 Å². The average Bonchev–Trinajstić information content (AvgIpc) is 3.58. The highest BCUT2D eigenvalue weighted by Crippen LogP contribution is 2.53. The molecule has 0 spiro atoms. The normalized spacial score (nSPS) is 12.9. The molecule has 0 fully saturated rings. The van der Waals surface area contributed by atoms with Gasteiger partial charge in [-0.15, -0.1) is 0 Å². The van der Waals surface area contributed by atoms with E-state index in [1.54, 1.807) is 0 Å². The summed E-state index contributed by atoms with van der Waals surface area (Å²) in [4.78, 5) is 0. The van der Waals surface area contributed by atoms with E-state index >= 15 is 0 Å². The number of hydrogen-bond donors (Lipinski definition) is 0. The Balaban J connectivity index is 1.28. The van der Waals surface area contributed by atoms with E-state index < -0.39 is 8.16 Å². The van der Waals surface area contributed by atoms with Gasteiger partial charge in [-0.2, -0.15) is 4.67 Å². The molecule has 13 aromatic rings. The van der Waals surface area contributed by atoms with Crippen LogP contribution in [0.3, 0.4) is 0 Å². The standard InChI is InChI=1S/C64H46NO2P/c1-41(43-21-5-3-6-22-43)65(42(2)44-23-7-4-8-24-44)68-66-63-59(57-37-45-25-9-13-29-49(45)53-33-17-19-35-55(53)57)39-47-27-11-15-31-51(47)61(63)62-52-32-16-12-28-48(52)40-60(64(62)67-68)58-38-46-26-10-14-30-50(46)54-34-18-20-36-56(54)58/h3-42H,1-2H3. The lowest BCUT2D eigenvalue weighted by atomic mass is 9.88. The van der Waals surface area contributed by atoms with Crippen LogP contribution in [-0.4, -0.2) is 0 Å². The Bertz CT molecular complexity index is 3880. The fraction of sp³-hybridized carbons (Fsp3) is 0.0625. The van der Waals surface area contributed by atoms with E-state index in [1.165, 1.54) is 54.2 Å². The van der Waals surface area contributed by atoms with Gasteiger partial charge < -0.3 is 8.39 Å². The molecule has 0 aliphatic carbocycles. The van der Waals surface area contributed by atoms with Gasteiger partial charge in [0.05, 0.1) is 0 Å². The molecular formula is C64H46NO2P. The average molecular weight is 892 g/mol. The van der Waals surface area contributed by atoms with Crippen molar-refractivity contribution >= 4 is 94.7 Å². The highest BCUT2D eigenvalue weighted by Gasteiger charge is 2.31. The van der Waals surface area contributed by atoms with Crippen LogP contribution in [-0.2, 0) is 0 Å². The molecule has 1 heterocycles. The molecule has 324 valence electrons. The first kappa shape index (κ1) is 40.3. The van der Waals surface area contributed by atoms with Gasteiger partial charge in [0.1, 0.15) is 0 Å². The second-order valence-corrected chi connectivity index (χ2v) is 19.4. The number of nitrogens with zero attached hydrogens (tertiary/aromatic N) is 1. The number of fused-ring (bicyclic) bond motifs is 13. The van der Waals surface area contributed by atoms with Gasteiger partial charge in [-0.05, 0) is 125 Å². The lowest BCUT2D eigenvalue weighted by Gasteiger charge is -2.32. The van der Waals surface area contributed by atoms with Crippen molar-refractivity contribution in [1.82, 2.24) is 0 Å². The zero-order chi connectivity index (χ0) is 45.3. The fourth-order valence-corrected chi connectivity index (χ4v) is 12.7. The third kappa shape index (κ3) is 6.54. The molecule has 0 bridgehead atoms. The second-order valence-electron chi connectivity index (χ2n) is 18.1. The highest BCUT2D eigenvalue weighted by atomic mass is 31.1. The Kier molecular flexibility index (Phi) is 9.75. The Labute approximate surface area is 395 Å². The van der Waals surface area contributed by atoms with Crippen LogP contribution < -0.4 is 4.67 Å². The largest absolute Gasteiger partial charge is 0.407 e. The Hall–Kier alpha value is -7.94. The summed E-state index contributed by atoms with van der Waals surface area (Å²) in [5.74, 6) is 0. The van der Waals surface area contributed by atoms with Crippen molar-refractivity contribution in [2.24, 2.45) is 0 Å². The van der Waals surface area contributed by atoms with Gasteiger partial charge in [0.15, 0.2) is 11.2 Å². The predicted molar refractivity (Wildman–Crippen MR) is 290 cm³/mol. The van der Waals surface area contributed by atoms with Gasteiger partial charge in [-0.1, -0.05) is 206 Å². The monoisotopic (exact) mass is 891 g/mol. The minimum Gasteiger partial charge on any atom is -0.407 e. The van der Waals surface area contributed by atoms with Crippen molar-refractivity contribution < 1.29 is 8.39 Å². The summed E-state index contributed by atoms with van der Waals surface area (Å²) in [6.45, 7) is 4.60. The SMILES string of the molecule is CC(c1ccccc1)N(C(C)c1ccccc1)p1oc2c(-c3cc4ccccc4c4ccccc34)cc3ccccc3c2c2c(o1)c(-c1cc3ccccc3c3ccccc13)cc1ccccc12. The highest BCUT2D eigenvalue weighted by molar-refractivity contribution is 7.39. The summed E-state index contributed by atoms with van der Waals surface area (Å²) in [6.07, 6.45) is 0. The first-order valence-electron chi connectivity index (χ1n) is 23.6.